The van der Waals surface area contributed by atoms with Gasteiger partial charge in [-0.2, -0.15) is 5.10 Å². The average Bonchev–Trinajstić information content (AvgIpc) is 3.84. The van der Waals surface area contributed by atoms with Gasteiger partial charge in [-0.05, 0) is 37.8 Å². The van der Waals surface area contributed by atoms with Gasteiger partial charge in [-0.25, -0.2) is 15.0 Å². The van der Waals surface area contributed by atoms with Gasteiger partial charge in [0.05, 0.1) is 18.5 Å². The summed E-state index contributed by atoms with van der Waals surface area (Å²) in [6.45, 7) is 0. The zero-order valence-corrected chi connectivity index (χ0v) is 21.8. The summed E-state index contributed by atoms with van der Waals surface area (Å²) < 4.78 is 9.10. The fourth-order valence-corrected chi connectivity index (χ4v) is 5.05. The van der Waals surface area contributed by atoms with E-state index >= 15 is 0 Å². The number of ether oxygens (including phenoxy) is 1. The Morgan fingerprint density at radius 2 is 1.89 bits per heavy atom. The van der Waals surface area contributed by atoms with Gasteiger partial charge in [0.2, 0.25) is 5.88 Å². The van der Waals surface area contributed by atoms with Crippen LogP contribution in [0.1, 0.15) is 54.5 Å². The molecule has 10 nitrogen and oxygen atoms in total. The van der Waals surface area contributed by atoms with Gasteiger partial charge in [0.25, 0.3) is 0 Å². The highest BCUT2D eigenvalue weighted by Crippen LogP contribution is 2.48. The highest BCUT2D eigenvalue weighted by atomic mass is 16.5. The summed E-state index contributed by atoms with van der Waals surface area (Å²) in [6, 6.07) is 7.98. The molecule has 2 fully saturated rings. The number of nitrogen functional groups attached to an aromatic ring is 1. The second-order valence-electron chi connectivity index (χ2n) is 10.1. The van der Waals surface area contributed by atoms with Crippen molar-refractivity contribution in [1.29, 1.82) is 5.41 Å². The number of nitrogens with zero attached hydrogens (tertiary/aromatic N) is 6. The maximum atomic E-state index is 7.66. The molecule has 2 aliphatic carbocycles. The molecule has 5 N–H and O–H groups in total. The van der Waals surface area contributed by atoms with E-state index in [9.17, 15) is 0 Å². The Kier molecular flexibility index (Phi) is 5.74. The topological polar surface area (TPSA) is 146 Å². The first-order chi connectivity index (χ1) is 18.4. The number of benzene rings is 1. The number of hydrogen-bond acceptors (Lipinski definition) is 8. The number of methoxy groups -OCH3 is 1. The van der Waals surface area contributed by atoms with E-state index in [0.717, 1.165) is 76.8 Å². The Bertz CT molecular complexity index is 1630. The van der Waals surface area contributed by atoms with Crippen LogP contribution in [0.15, 0.2) is 47.0 Å². The zero-order chi connectivity index (χ0) is 26.6. The van der Waals surface area contributed by atoms with E-state index in [-0.39, 0.29) is 11.6 Å². The van der Waals surface area contributed by atoms with E-state index in [0.29, 0.717) is 17.5 Å². The second kappa shape index (κ2) is 9.13. The monoisotopic (exact) mass is 509 g/mol. The lowest BCUT2D eigenvalue weighted by Gasteiger charge is -2.11. The first-order valence-corrected chi connectivity index (χ1v) is 12.8. The van der Waals surface area contributed by atoms with Gasteiger partial charge in [0, 0.05) is 78.0 Å². The molecule has 38 heavy (non-hydrogen) atoms. The second-order valence-corrected chi connectivity index (χ2v) is 10.1. The maximum Gasteiger partial charge on any atom is 0.212 e. The molecular weight excluding hydrogens is 478 g/mol. The number of pyridine rings is 1. The molecule has 0 aliphatic heterocycles. The minimum absolute atomic E-state index is 0.0667. The van der Waals surface area contributed by atoms with E-state index in [1.807, 2.05) is 36.1 Å². The Morgan fingerprint density at radius 3 is 2.58 bits per heavy atom. The first-order valence-electron chi connectivity index (χ1n) is 12.8. The molecule has 194 valence electrons. The van der Waals surface area contributed by atoms with Crippen molar-refractivity contribution in [3.05, 3.63) is 59.0 Å². The lowest BCUT2D eigenvalue weighted by molar-refractivity contribution is 0.284. The van der Waals surface area contributed by atoms with Gasteiger partial charge in [-0.15, -0.1) is 0 Å². The van der Waals surface area contributed by atoms with Crippen LogP contribution in [0.5, 0.6) is 0 Å². The largest absolute Gasteiger partial charge is 0.481 e. The molecule has 0 saturated heterocycles. The minimum atomic E-state index is 0.0667. The van der Waals surface area contributed by atoms with Crippen molar-refractivity contribution in [2.24, 2.45) is 24.8 Å². The third kappa shape index (κ3) is 4.11. The van der Waals surface area contributed by atoms with Crippen LogP contribution >= 0.6 is 0 Å². The molecule has 10 heteroatoms. The number of fused-ring (bicyclic) bond motifs is 1. The van der Waals surface area contributed by atoms with Gasteiger partial charge >= 0.3 is 0 Å². The molecule has 0 bridgehead atoms. The van der Waals surface area contributed by atoms with Crippen LogP contribution in [0, 0.1) is 5.41 Å². The third-order valence-electron chi connectivity index (χ3n) is 7.28. The molecule has 0 unspecified atom stereocenters. The van der Waals surface area contributed by atoms with Crippen LogP contribution in [0.4, 0.5) is 5.69 Å². The predicted molar refractivity (Wildman–Crippen MR) is 149 cm³/mol. The molecule has 3 heterocycles. The lowest BCUT2D eigenvalue weighted by atomic mass is 10.0. The molecular formula is C28H31N9O. The Hall–Kier alpha value is -4.47. The van der Waals surface area contributed by atoms with Crippen molar-refractivity contribution >= 4 is 29.1 Å². The molecule has 0 atom stereocenters. The van der Waals surface area contributed by atoms with Crippen molar-refractivity contribution < 1.29 is 4.74 Å². The number of allylic oxidation sites excluding steroid dienone is 1. The van der Waals surface area contributed by atoms with Crippen LogP contribution in [0.3, 0.4) is 0 Å². The number of aryl methyl sites for hydroxylation is 1. The Labute approximate surface area is 220 Å². The SMILES string of the molecule is CO/C(N)=C(/C=N)N=Cc1c(N)cccc1-c1nc(-c2cc3cn(C)nc3nc2C2CC2)n(C)c1C1CC1. The van der Waals surface area contributed by atoms with Crippen LogP contribution < -0.4 is 11.5 Å². The highest BCUT2D eigenvalue weighted by molar-refractivity contribution is 5.98. The van der Waals surface area contributed by atoms with Gasteiger partial charge < -0.3 is 26.2 Å². The highest BCUT2D eigenvalue weighted by Gasteiger charge is 2.35. The van der Waals surface area contributed by atoms with Crippen molar-refractivity contribution in [2.75, 3.05) is 12.8 Å². The molecule has 0 amide bonds. The number of nitrogens with two attached hydrogens (primary N) is 2. The third-order valence-corrected chi connectivity index (χ3v) is 7.28. The standard InChI is InChI=1S/C28H31N9O/c1-36-14-17-11-19(23(15-7-8-15)33-27(17)35-36)28-34-24(25(37(28)2)16-9-10-16)18-5-4-6-21(30)20(18)13-32-22(12-29)26(31)38-3/h4-6,11-16,29H,7-10,30-31H2,1-3H3/b26-22-,29-12?,32-13?. The van der Waals surface area contributed by atoms with Crippen LogP contribution in [0.2, 0.25) is 0 Å². The summed E-state index contributed by atoms with van der Waals surface area (Å²) in [7, 11) is 5.46. The zero-order valence-electron chi connectivity index (χ0n) is 21.8. The van der Waals surface area contributed by atoms with Crippen LogP contribution in [-0.4, -0.2) is 43.9 Å². The summed E-state index contributed by atoms with van der Waals surface area (Å²) >= 11 is 0. The predicted octanol–water partition coefficient (Wildman–Crippen LogP) is 4.22. The van der Waals surface area contributed by atoms with Gasteiger partial charge in [-0.3, -0.25) is 4.68 Å². The van der Waals surface area contributed by atoms with Crippen LogP contribution in [-0.2, 0) is 18.8 Å². The summed E-state index contributed by atoms with van der Waals surface area (Å²) in [5.74, 6) is 1.84. The van der Waals surface area contributed by atoms with E-state index in [1.54, 1.807) is 6.21 Å². The summed E-state index contributed by atoms with van der Waals surface area (Å²) in [4.78, 5) is 14.7. The number of rotatable bonds is 8. The minimum Gasteiger partial charge on any atom is -0.481 e. The fourth-order valence-electron chi connectivity index (χ4n) is 5.05. The molecule has 2 saturated carbocycles. The molecule has 6 rings (SSSR count). The number of hydrogen-bond donors (Lipinski definition) is 3. The number of nitrogens with one attached hydrogen (secondary N) is 1. The normalized spacial score (nSPS) is 16.3. The molecule has 0 spiro atoms. The number of imidazole rings is 1. The molecule has 4 aromatic rings. The molecule has 3 aromatic heterocycles. The van der Waals surface area contributed by atoms with Crippen molar-refractivity contribution in [1.82, 2.24) is 24.3 Å². The van der Waals surface area contributed by atoms with E-state index < -0.39 is 0 Å². The van der Waals surface area contributed by atoms with Gasteiger partial charge in [0.1, 0.15) is 11.5 Å². The fraction of sp³-hybridized carbons (Fsp3) is 0.321. The summed E-state index contributed by atoms with van der Waals surface area (Å²) in [6.07, 6.45) is 9.21. The number of aliphatic imine (C=N–C) groups is 1. The summed E-state index contributed by atoms with van der Waals surface area (Å²) in [5.41, 5.74) is 19.7. The Morgan fingerprint density at radius 1 is 1.13 bits per heavy atom. The average molecular weight is 510 g/mol. The van der Waals surface area contributed by atoms with Crippen LogP contribution in [0.25, 0.3) is 33.7 Å². The number of aromatic nitrogens is 5. The smallest absolute Gasteiger partial charge is 0.212 e. The van der Waals surface area contributed by atoms with E-state index in [4.69, 9.17) is 31.6 Å². The molecule has 0 radical (unpaired) electrons. The van der Waals surface area contributed by atoms with E-state index in [2.05, 4.69) is 27.8 Å². The van der Waals surface area contributed by atoms with Gasteiger partial charge in [-0.1, -0.05) is 12.1 Å². The number of anilines is 1. The lowest BCUT2D eigenvalue weighted by Crippen LogP contribution is -2.05. The first kappa shape index (κ1) is 23.9. The van der Waals surface area contributed by atoms with Crippen molar-refractivity contribution in [3.63, 3.8) is 0 Å². The quantitative estimate of drug-likeness (QED) is 0.184. The Balaban J connectivity index is 1.54. The summed E-state index contributed by atoms with van der Waals surface area (Å²) in [5, 5.41) is 13.2. The van der Waals surface area contributed by atoms with Gasteiger partial charge in [0.15, 0.2) is 5.65 Å². The van der Waals surface area contributed by atoms with Crippen molar-refractivity contribution in [3.8, 4) is 22.6 Å². The molecule has 2 aliphatic rings. The van der Waals surface area contributed by atoms with E-state index in [1.165, 1.54) is 12.8 Å². The molecule has 1 aromatic carbocycles. The van der Waals surface area contributed by atoms with Crippen molar-refractivity contribution in [2.45, 2.75) is 37.5 Å². The maximum absolute atomic E-state index is 7.66.